The Balaban J connectivity index is 1.49. The van der Waals surface area contributed by atoms with Crippen LogP contribution in [0.25, 0.3) is 0 Å². The first-order valence-corrected chi connectivity index (χ1v) is 10.1. The lowest BCUT2D eigenvalue weighted by Gasteiger charge is -2.33. The Morgan fingerprint density at radius 3 is 2.81 bits per heavy atom. The summed E-state index contributed by atoms with van der Waals surface area (Å²) in [6.07, 6.45) is 7.00. The molecule has 4 rings (SSSR count). The van der Waals surface area contributed by atoms with Gasteiger partial charge in [-0.1, -0.05) is 36.4 Å². The molecule has 5 nitrogen and oxygen atoms in total. The number of aromatic nitrogens is 2. The second-order valence-corrected chi connectivity index (χ2v) is 7.70. The Morgan fingerprint density at radius 2 is 2.07 bits per heavy atom. The quantitative estimate of drug-likeness (QED) is 0.736. The Kier molecular flexibility index (Phi) is 5.44. The minimum absolute atomic E-state index is 0.0491. The highest BCUT2D eigenvalue weighted by Gasteiger charge is 2.29. The van der Waals surface area contributed by atoms with E-state index in [2.05, 4.69) is 38.4 Å². The van der Waals surface area contributed by atoms with Crippen LogP contribution in [0.2, 0.25) is 0 Å². The van der Waals surface area contributed by atoms with Gasteiger partial charge in [-0.3, -0.25) is 9.78 Å². The summed E-state index contributed by atoms with van der Waals surface area (Å²) in [7, 11) is 0. The van der Waals surface area contributed by atoms with Crippen LogP contribution in [0.1, 0.15) is 29.3 Å². The molecule has 138 valence electrons. The SMILES string of the molecule is O=C(N[C@@H](c1ccccc1)c1cccs1)[C@@H]1CCCN(c2cnccn2)C1. The lowest BCUT2D eigenvalue weighted by atomic mass is 9.96. The molecule has 1 amide bonds. The summed E-state index contributed by atoms with van der Waals surface area (Å²) in [6.45, 7) is 1.59. The molecule has 0 spiro atoms. The number of nitrogens with one attached hydrogen (secondary N) is 1. The fourth-order valence-electron chi connectivity index (χ4n) is 3.53. The zero-order chi connectivity index (χ0) is 18.5. The Bertz CT molecular complexity index is 854. The molecule has 0 saturated carbocycles. The third-order valence-electron chi connectivity index (χ3n) is 4.91. The maximum Gasteiger partial charge on any atom is 0.225 e. The summed E-state index contributed by atoms with van der Waals surface area (Å²) in [6, 6.07) is 14.2. The van der Waals surface area contributed by atoms with Gasteiger partial charge in [0, 0.05) is 30.4 Å². The van der Waals surface area contributed by atoms with Crippen LogP contribution < -0.4 is 10.2 Å². The third kappa shape index (κ3) is 4.17. The molecule has 3 heterocycles. The first-order valence-electron chi connectivity index (χ1n) is 9.21. The molecule has 0 unspecified atom stereocenters. The molecule has 3 aromatic rings. The van der Waals surface area contributed by atoms with E-state index in [4.69, 9.17) is 0 Å². The molecule has 2 atom stereocenters. The topological polar surface area (TPSA) is 58.1 Å². The van der Waals surface area contributed by atoms with Crippen molar-refractivity contribution in [3.05, 3.63) is 76.9 Å². The number of thiophene rings is 1. The zero-order valence-electron chi connectivity index (χ0n) is 15.0. The summed E-state index contributed by atoms with van der Waals surface area (Å²) in [5.74, 6) is 0.894. The fraction of sp³-hybridized carbons (Fsp3) is 0.286. The number of benzene rings is 1. The molecule has 27 heavy (non-hydrogen) atoms. The van der Waals surface area contributed by atoms with Crippen molar-refractivity contribution in [3.8, 4) is 0 Å². The highest BCUT2D eigenvalue weighted by Crippen LogP contribution is 2.28. The number of anilines is 1. The molecule has 2 aromatic heterocycles. The Labute approximate surface area is 163 Å². The third-order valence-corrected chi connectivity index (χ3v) is 5.85. The molecular weight excluding hydrogens is 356 g/mol. The molecule has 1 saturated heterocycles. The van der Waals surface area contributed by atoms with Gasteiger partial charge >= 0.3 is 0 Å². The van der Waals surface area contributed by atoms with Crippen LogP contribution in [-0.4, -0.2) is 29.0 Å². The van der Waals surface area contributed by atoms with Crippen molar-refractivity contribution in [2.75, 3.05) is 18.0 Å². The molecule has 0 radical (unpaired) electrons. The van der Waals surface area contributed by atoms with Crippen molar-refractivity contribution in [3.63, 3.8) is 0 Å². The minimum Gasteiger partial charge on any atom is -0.355 e. The number of rotatable bonds is 5. The molecule has 1 aliphatic heterocycles. The predicted molar refractivity (Wildman–Crippen MR) is 108 cm³/mol. The maximum atomic E-state index is 13.1. The van der Waals surface area contributed by atoms with Crippen molar-refractivity contribution in [1.82, 2.24) is 15.3 Å². The van der Waals surface area contributed by atoms with Crippen LogP contribution in [0, 0.1) is 5.92 Å². The minimum atomic E-state index is -0.106. The normalized spacial score (nSPS) is 18.1. The summed E-state index contributed by atoms with van der Waals surface area (Å²) in [4.78, 5) is 24.9. The van der Waals surface area contributed by atoms with E-state index in [1.165, 1.54) is 0 Å². The first-order chi connectivity index (χ1) is 13.3. The van der Waals surface area contributed by atoms with Gasteiger partial charge in [0.05, 0.1) is 18.2 Å². The van der Waals surface area contributed by atoms with Crippen LogP contribution in [0.15, 0.2) is 66.4 Å². The number of amides is 1. The molecule has 0 aliphatic carbocycles. The number of nitrogens with zero attached hydrogens (tertiary/aromatic N) is 3. The van der Waals surface area contributed by atoms with E-state index >= 15 is 0 Å². The molecule has 1 aromatic carbocycles. The smallest absolute Gasteiger partial charge is 0.225 e. The number of carbonyl (C=O) groups is 1. The average molecular weight is 379 g/mol. The van der Waals surface area contributed by atoms with E-state index in [0.29, 0.717) is 6.54 Å². The van der Waals surface area contributed by atoms with Gasteiger partial charge in [0.15, 0.2) is 0 Å². The fourth-order valence-corrected chi connectivity index (χ4v) is 4.34. The lowest BCUT2D eigenvalue weighted by molar-refractivity contribution is -0.125. The van der Waals surface area contributed by atoms with Gasteiger partial charge in [0.1, 0.15) is 5.82 Å². The van der Waals surface area contributed by atoms with E-state index in [-0.39, 0.29) is 17.9 Å². The van der Waals surface area contributed by atoms with Crippen molar-refractivity contribution in [2.24, 2.45) is 5.92 Å². The lowest BCUT2D eigenvalue weighted by Crippen LogP contribution is -2.44. The van der Waals surface area contributed by atoms with Crippen LogP contribution in [0.3, 0.4) is 0 Å². The standard InChI is InChI=1S/C21H22N4OS/c26-21(17-8-4-12-25(15-17)19-14-22-10-11-23-19)24-20(18-9-5-13-27-18)16-6-2-1-3-7-16/h1-3,5-7,9-11,13-14,17,20H,4,8,12,15H2,(H,24,26)/t17-,20+/m1/s1. The Hall–Kier alpha value is -2.73. The van der Waals surface area contributed by atoms with Crippen LogP contribution in [0.5, 0.6) is 0 Å². The van der Waals surface area contributed by atoms with Gasteiger partial charge in [-0.2, -0.15) is 0 Å². The summed E-state index contributed by atoms with van der Waals surface area (Å²) < 4.78 is 0. The van der Waals surface area contributed by atoms with Gasteiger partial charge in [-0.15, -0.1) is 11.3 Å². The van der Waals surface area contributed by atoms with Gasteiger partial charge in [-0.05, 0) is 29.9 Å². The molecular formula is C21H22N4OS. The van der Waals surface area contributed by atoms with Gasteiger partial charge in [0.2, 0.25) is 5.91 Å². The molecule has 1 aliphatic rings. The van der Waals surface area contributed by atoms with Gasteiger partial charge in [0.25, 0.3) is 0 Å². The molecule has 0 bridgehead atoms. The summed E-state index contributed by atoms with van der Waals surface area (Å²) >= 11 is 1.67. The van der Waals surface area contributed by atoms with Crippen molar-refractivity contribution < 1.29 is 4.79 Å². The largest absolute Gasteiger partial charge is 0.355 e. The van der Waals surface area contributed by atoms with Crippen LogP contribution in [-0.2, 0) is 4.79 Å². The van der Waals surface area contributed by atoms with E-state index in [9.17, 15) is 4.79 Å². The second kappa shape index (κ2) is 8.31. The average Bonchev–Trinajstić information content (AvgIpc) is 3.28. The Morgan fingerprint density at radius 1 is 1.19 bits per heavy atom. The van der Waals surface area contributed by atoms with E-state index in [1.807, 2.05) is 29.6 Å². The monoisotopic (exact) mass is 378 g/mol. The van der Waals surface area contributed by atoms with Crippen LogP contribution >= 0.6 is 11.3 Å². The predicted octanol–water partition coefficient (Wildman–Crippen LogP) is 3.66. The van der Waals surface area contributed by atoms with Crippen molar-refractivity contribution in [1.29, 1.82) is 0 Å². The van der Waals surface area contributed by atoms with E-state index in [1.54, 1.807) is 29.9 Å². The zero-order valence-corrected chi connectivity index (χ0v) is 15.8. The maximum absolute atomic E-state index is 13.1. The van der Waals surface area contributed by atoms with Gasteiger partial charge in [-0.25, -0.2) is 4.98 Å². The van der Waals surface area contributed by atoms with E-state index < -0.39 is 0 Å². The molecule has 1 fully saturated rings. The summed E-state index contributed by atoms with van der Waals surface area (Å²) in [5, 5.41) is 5.34. The van der Waals surface area contributed by atoms with Gasteiger partial charge < -0.3 is 10.2 Å². The summed E-state index contributed by atoms with van der Waals surface area (Å²) in [5.41, 5.74) is 1.11. The van der Waals surface area contributed by atoms with Crippen LogP contribution in [0.4, 0.5) is 5.82 Å². The van der Waals surface area contributed by atoms with E-state index in [0.717, 1.165) is 35.6 Å². The van der Waals surface area contributed by atoms with Crippen molar-refractivity contribution >= 4 is 23.1 Å². The second-order valence-electron chi connectivity index (χ2n) is 6.72. The number of hydrogen-bond donors (Lipinski definition) is 1. The first kappa shape index (κ1) is 17.7. The number of carbonyl (C=O) groups excluding carboxylic acids is 1. The van der Waals surface area contributed by atoms with Crippen molar-refractivity contribution in [2.45, 2.75) is 18.9 Å². The number of hydrogen-bond acceptors (Lipinski definition) is 5. The highest BCUT2D eigenvalue weighted by atomic mass is 32.1. The highest BCUT2D eigenvalue weighted by molar-refractivity contribution is 7.10. The molecule has 6 heteroatoms. The number of piperidine rings is 1. The molecule has 1 N–H and O–H groups in total.